The van der Waals surface area contributed by atoms with Crippen LogP contribution in [0.2, 0.25) is 0 Å². The average molecular weight is 527 g/mol. The molecule has 0 aliphatic carbocycles. The Morgan fingerprint density at radius 1 is 0.657 bits per heavy atom. The van der Waals surface area contributed by atoms with Gasteiger partial charge in [0.1, 0.15) is 21.3 Å². The van der Waals surface area contributed by atoms with E-state index in [0.717, 1.165) is 0 Å². The van der Waals surface area contributed by atoms with Crippen LogP contribution in [0.5, 0.6) is 11.5 Å². The molecule has 0 spiro atoms. The van der Waals surface area contributed by atoms with E-state index >= 15 is 0 Å². The summed E-state index contributed by atoms with van der Waals surface area (Å²) in [4.78, 5) is 22.5. The number of hydrogen-bond acceptors (Lipinski definition) is 11. The number of ether oxygens (including phenoxy) is 3. The largest absolute Gasteiger partial charge is 0.460 e. The minimum atomic E-state index is -4.33. The third-order valence-electron chi connectivity index (χ3n) is 3.89. The van der Waals surface area contributed by atoms with E-state index in [-0.39, 0.29) is 34.5 Å². The van der Waals surface area contributed by atoms with Gasteiger partial charge < -0.3 is 22.6 Å². The molecule has 0 saturated carbocycles. The second-order valence-corrected chi connectivity index (χ2v) is 9.50. The topological polar surface area (TPSA) is 149 Å². The van der Waals surface area contributed by atoms with E-state index in [1.165, 1.54) is 48.5 Å². The molecule has 2 aromatic carbocycles. The number of rotatable bonds is 12. The smallest absolute Gasteiger partial charge is 0.374 e. The van der Waals surface area contributed by atoms with Gasteiger partial charge in [-0.05, 0) is 75.5 Å². The van der Waals surface area contributed by atoms with Crippen molar-refractivity contribution in [3.63, 3.8) is 0 Å². The molecule has 0 fully saturated rings. The minimum Gasteiger partial charge on any atom is -0.460 e. The van der Waals surface area contributed by atoms with E-state index in [1.54, 1.807) is 13.8 Å². The van der Waals surface area contributed by atoms with Crippen molar-refractivity contribution in [2.75, 3.05) is 13.2 Å². The van der Waals surface area contributed by atoms with Crippen LogP contribution in [0.15, 0.2) is 83.0 Å². The molecule has 0 aliphatic rings. The first kappa shape index (κ1) is 27.4. The molecule has 0 atom stereocenters. The highest BCUT2D eigenvalue weighted by atomic mass is 32.2. The standard InChI is InChI=1S/C22H22O11S2/c1-5-29-21(23)15(3)32-34(25,26)19-11-7-17(8-12-19)31-18-9-13-20(14-10-18)35(27,28)33-16(4)22(24)30-6-2/h7-14H,3-6H2,1-2H3. The maximum atomic E-state index is 12.3. The van der Waals surface area contributed by atoms with Crippen LogP contribution in [0.1, 0.15) is 13.8 Å². The molecule has 0 aliphatic heterocycles. The van der Waals surface area contributed by atoms with Gasteiger partial charge in [-0.2, -0.15) is 16.8 Å². The molecular formula is C22H22O11S2. The van der Waals surface area contributed by atoms with Crippen LogP contribution in [0.3, 0.4) is 0 Å². The molecule has 0 heterocycles. The van der Waals surface area contributed by atoms with Crippen molar-refractivity contribution in [2.45, 2.75) is 23.6 Å². The molecule has 2 rings (SSSR count). The normalized spacial score (nSPS) is 11.1. The Kier molecular flexibility index (Phi) is 9.03. The summed E-state index contributed by atoms with van der Waals surface area (Å²) in [5.74, 6) is -2.94. The molecule has 0 amide bonds. The van der Waals surface area contributed by atoms with E-state index in [4.69, 9.17) is 4.74 Å². The van der Waals surface area contributed by atoms with Gasteiger partial charge in [0, 0.05) is 0 Å². The average Bonchev–Trinajstić information content (AvgIpc) is 2.79. The lowest BCUT2D eigenvalue weighted by Gasteiger charge is -2.11. The molecule has 0 unspecified atom stereocenters. The maximum Gasteiger partial charge on any atom is 0.374 e. The zero-order chi connectivity index (χ0) is 26.2. The number of carbonyl (C=O) groups excluding carboxylic acids is 2. The zero-order valence-corrected chi connectivity index (χ0v) is 20.4. The molecular weight excluding hydrogens is 504 g/mol. The highest BCUT2D eigenvalue weighted by molar-refractivity contribution is 7.87. The fourth-order valence-electron chi connectivity index (χ4n) is 2.34. The molecule has 2 aromatic rings. The lowest BCUT2D eigenvalue weighted by molar-refractivity contribution is -0.141. The van der Waals surface area contributed by atoms with Gasteiger partial charge in [0.05, 0.1) is 13.2 Å². The summed E-state index contributed by atoms with van der Waals surface area (Å²) >= 11 is 0. The van der Waals surface area contributed by atoms with Crippen molar-refractivity contribution in [2.24, 2.45) is 0 Å². The monoisotopic (exact) mass is 526 g/mol. The third-order valence-corrected chi connectivity index (χ3v) is 6.43. The molecule has 35 heavy (non-hydrogen) atoms. The first-order valence-corrected chi connectivity index (χ1v) is 12.7. The van der Waals surface area contributed by atoms with Crippen molar-refractivity contribution in [3.8, 4) is 11.5 Å². The second-order valence-electron chi connectivity index (χ2n) is 6.41. The predicted octanol–water partition coefficient (Wildman–Crippen LogP) is 3.04. The van der Waals surface area contributed by atoms with Gasteiger partial charge in [-0.3, -0.25) is 0 Å². The van der Waals surface area contributed by atoms with Crippen molar-refractivity contribution in [1.29, 1.82) is 0 Å². The Balaban J connectivity index is 2.07. The molecule has 0 radical (unpaired) electrons. The third kappa shape index (κ3) is 7.58. The number of benzene rings is 2. The lowest BCUT2D eigenvalue weighted by Crippen LogP contribution is -2.14. The molecule has 0 aromatic heterocycles. The van der Waals surface area contributed by atoms with Gasteiger partial charge >= 0.3 is 32.2 Å². The van der Waals surface area contributed by atoms with E-state index < -0.39 is 43.7 Å². The number of carbonyl (C=O) groups is 2. The van der Waals surface area contributed by atoms with E-state index in [1.807, 2.05) is 0 Å². The second kappa shape index (κ2) is 11.5. The van der Waals surface area contributed by atoms with Crippen molar-refractivity contribution < 1.29 is 49.0 Å². The van der Waals surface area contributed by atoms with Crippen LogP contribution in [0.25, 0.3) is 0 Å². The van der Waals surface area contributed by atoms with Gasteiger partial charge in [0.15, 0.2) is 0 Å². The van der Waals surface area contributed by atoms with Crippen molar-refractivity contribution in [1.82, 2.24) is 0 Å². The predicted molar refractivity (Wildman–Crippen MR) is 121 cm³/mol. The Morgan fingerprint density at radius 3 is 1.26 bits per heavy atom. The van der Waals surface area contributed by atoms with E-state index in [9.17, 15) is 26.4 Å². The molecule has 0 saturated heterocycles. The van der Waals surface area contributed by atoms with Crippen LogP contribution in [0.4, 0.5) is 0 Å². The van der Waals surface area contributed by atoms with Gasteiger partial charge in [0.25, 0.3) is 0 Å². The highest BCUT2D eigenvalue weighted by Gasteiger charge is 2.23. The fourth-order valence-corrected chi connectivity index (χ4v) is 4.13. The Hall–Kier alpha value is -3.84. The summed E-state index contributed by atoms with van der Waals surface area (Å²) < 4.78 is 73.2. The summed E-state index contributed by atoms with van der Waals surface area (Å²) in [6.07, 6.45) is 0. The van der Waals surface area contributed by atoms with E-state index in [2.05, 4.69) is 31.0 Å². The molecule has 13 heteroatoms. The Morgan fingerprint density at radius 2 is 0.971 bits per heavy atom. The Bertz CT molecular complexity index is 1200. The summed E-state index contributed by atoms with van der Waals surface area (Å²) in [6.45, 7) is 9.60. The van der Waals surface area contributed by atoms with Gasteiger partial charge in [0.2, 0.25) is 11.5 Å². The fraction of sp³-hybridized carbons (Fsp3) is 0.182. The number of esters is 2. The van der Waals surface area contributed by atoms with Crippen LogP contribution >= 0.6 is 0 Å². The van der Waals surface area contributed by atoms with Gasteiger partial charge in [-0.1, -0.05) is 0 Å². The summed E-state index contributed by atoms with van der Waals surface area (Å²) in [7, 11) is -8.66. The Labute approximate surface area is 202 Å². The highest BCUT2D eigenvalue weighted by Crippen LogP contribution is 2.26. The van der Waals surface area contributed by atoms with Crippen LogP contribution in [-0.4, -0.2) is 42.0 Å². The summed E-state index contributed by atoms with van der Waals surface area (Å²) in [5, 5.41) is 0. The summed E-state index contributed by atoms with van der Waals surface area (Å²) in [6, 6.07) is 9.99. The zero-order valence-electron chi connectivity index (χ0n) is 18.8. The van der Waals surface area contributed by atoms with E-state index in [0.29, 0.717) is 0 Å². The quantitative estimate of drug-likeness (QED) is 0.174. The van der Waals surface area contributed by atoms with Crippen molar-refractivity contribution in [3.05, 3.63) is 73.2 Å². The van der Waals surface area contributed by atoms with Crippen molar-refractivity contribution >= 4 is 32.2 Å². The first-order valence-electron chi connectivity index (χ1n) is 9.88. The molecule has 0 bridgehead atoms. The molecule has 11 nitrogen and oxygen atoms in total. The molecule has 188 valence electrons. The summed E-state index contributed by atoms with van der Waals surface area (Å²) in [5.41, 5.74) is 0. The van der Waals surface area contributed by atoms with Crippen LogP contribution in [-0.2, 0) is 47.7 Å². The maximum absolute atomic E-state index is 12.3. The number of hydrogen-bond donors (Lipinski definition) is 0. The minimum absolute atomic E-state index is 0.0239. The van der Waals surface area contributed by atoms with Crippen LogP contribution < -0.4 is 4.74 Å². The van der Waals surface area contributed by atoms with Gasteiger partial charge in [-0.25, -0.2) is 9.59 Å². The molecule has 0 N–H and O–H groups in total. The van der Waals surface area contributed by atoms with Crippen LogP contribution in [0, 0.1) is 0 Å². The SMILES string of the molecule is C=C(OS(=O)(=O)c1ccc(Oc2ccc(S(=O)(=O)OC(=C)C(=O)OCC)cc2)cc1)C(=O)OCC. The van der Waals surface area contributed by atoms with Gasteiger partial charge in [-0.15, -0.1) is 0 Å². The first-order chi connectivity index (χ1) is 16.4. The lowest BCUT2D eigenvalue weighted by atomic mass is 10.3.